The average molecular weight is 399 g/mol. The summed E-state index contributed by atoms with van der Waals surface area (Å²) >= 11 is 1.47. The lowest BCUT2D eigenvalue weighted by atomic mass is 9.93. The number of amides is 2. The van der Waals surface area contributed by atoms with Crippen LogP contribution in [0.25, 0.3) is 0 Å². The van der Waals surface area contributed by atoms with E-state index in [1.165, 1.54) is 17.4 Å². The summed E-state index contributed by atoms with van der Waals surface area (Å²) in [6.07, 6.45) is -4.41. The molecular formula is C19H24F3N3OS. The summed E-state index contributed by atoms with van der Waals surface area (Å²) in [6, 6.07) is 3.61. The summed E-state index contributed by atoms with van der Waals surface area (Å²) in [4.78, 5) is 16.8. The molecule has 0 saturated carbocycles. The fourth-order valence-electron chi connectivity index (χ4n) is 2.40. The Labute approximate surface area is 161 Å². The van der Waals surface area contributed by atoms with Crippen LogP contribution in [0, 0.1) is 0 Å². The molecule has 1 heterocycles. The van der Waals surface area contributed by atoms with Crippen molar-refractivity contribution >= 4 is 17.4 Å². The molecule has 8 heteroatoms. The van der Waals surface area contributed by atoms with E-state index in [1.807, 2.05) is 12.3 Å². The van der Waals surface area contributed by atoms with Gasteiger partial charge in [-0.05, 0) is 31.5 Å². The normalized spacial score (nSPS) is 14.5. The van der Waals surface area contributed by atoms with Crippen LogP contribution in [0.4, 0.5) is 18.0 Å². The van der Waals surface area contributed by atoms with Crippen molar-refractivity contribution < 1.29 is 18.0 Å². The smallest absolute Gasteiger partial charge is 0.332 e. The molecule has 0 spiro atoms. The van der Waals surface area contributed by atoms with Gasteiger partial charge in [-0.15, -0.1) is 11.3 Å². The fourth-order valence-corrected chi connectivity index (χ4v) is 3.45. The minimum absolute atomic E-state index is 0.0747. The Morgan fingerprint density at radius 2 is 1.74 bits per heavy atom. The maximum atomic E-state index is 12.8. The van der Waals surface area contributed by atoms with E-state index in [4.69, 9.17) is 0 Å². The first-order valence-electron chi connectivity index (χ1n) is 8.58. The number of nitrogens with zero attached hydrogens (tertiary/aromatic N) is 1. The highest BCUT2D eigenvalue weighted by Crippen LogP contribution is 2.31. The van der Waals surface area contributed by atoms with Crippen molar-refractivity contribution in [3.63, 3.8) is 0 Å². The quantitative estimate of drug-likeness (QED) is 0.705. The largest absolute Gasteiger partial charge is 0.416 e. The molecule has 2 amide bonds. The third kappa shape index (κ3) is 5.69. The van der Waals surface area contributed by atoms with E-state index < -0.39 is 23.8 Å². The Morgan fingerprint density at radius 1 is 1.11 bits per heavy atom. The molecule has 148 valence electrons. The third-order valence-corrected chi connectivity index (χ3v) is 5.10. The molecule has 1 aromatic carbocycles. The minimum Gasteiger partial charge on any atom is -0.332 e. The second-order valence-corrected chi connectivity index (χ2v) is 8.40. The van der Waals surface area contributed by atoms with E-state index in [2.05, 4.69) is 36.4 Å². The average Bonchev–Trinajstić information content (AvgIpc) is 3.04. The van der Waals surface area contributed by atoms with Crippen LogP contribution in [0.3, 0.4) is 0 Å². The molecule has 1 aromatic heterocycles. The summed E-state index contributed by atoms with van der Waals surface area (Å²) in [7, 11) is 0. The molecular weight excluding hydrogens is 375 g/mol. The number of thiazole rings is 1. The number of carbonyl (C=O) groups is 1. The van der Waals surface area contributed by atoms with E-state index in [-0.39, 0.29) is 11.5 Å². The van der Waals surface area contributed by atoms with Gasteiger partial charge in [-0.1, -0.05) is 32.9 Å². The molecule has 2 aromatic rings. The van der Waals surface area contributed by atoms with E-state index in [9.17, 15) is 18.0 Å². The molecule has 2 N–H and O–H groups in total. The number of aromatic nitrogens is 1. The number of alkyl halides is 3. The Bertz CT molecular complexity index is 796. The van der Waals surface area contributed by atoms with Crippen LogP contribution >= 0.6 is 11.3 Å². The van der Waals surface area contributed by atoms with Crippen LogP contribution in [0.5, 0.6) is 0 Å². The lowest BCUT2D eigenvalue weighted by molar-refractivity contribution is -0.137. The van der Waals surface area contributed by atoms with Gasteiger partial charge in [0.15, 0.2) is 0 Å². The third-order valence-electron chi connectivity index (χ3n) is 4.07. The number of rotatable bonds is 4. The van der Waals surface area contributed by atoms with Crippen LogP contribution in [-0.2, 0) is 11.6 Å². The number of hydrogen-bond donors (Lipinski definition) is 2. The summed E-state index contributed by atoms with van der Waals surface area (Å²) in [5.74, 6) is 0. The van der Waals surface area contributed by atoms with Gasteiger partial charge in [0.25, 0.3) is 0 Å². The van der Waals surface area contributed by atoms with Crippen LogP contribution in [0.1, 0.15) is 68.5 Å². The number of hydrogen-bond acceptors (Lipinski definition) is 3. The van der Waals surface area contributed by atoms with Gasteiger partial charge in [0.05, 0.1) is 23.3 Å². The van der Waals surface area contributed by atoms with Crippen LogP contribution in [0.2, 0.25) is 0 Å². The predicted octanol–water partition coefficient (Wildman–Crippen LogP) is 5.58. The highest BCUT2D eigenvalue weighted by atomic mass is 32.1. The molecule has 2 rings (SSSR count). The zero-order valence-electron chi connectivity index (χ0n) is 15.9. The summed E-state index contributed by atoms with van der Waals surface area (Å²) in [6.45, 7) is 9.65. The Hall–Kier alpha value is -2.09. The molecule has 4 nitrogen and oxygen atoms in total. The van der Waals surface area contributed by atoms with E-state index >= 15 is 0 Å². The Balaban J connectivity index is 2.00. The van der Waals surface area contributed by atoms with Gasteiger partial charge < -0.3 is 10.6 Å². The molecule has 2 unspecified atom stereocenters. The standard InChI is InChI=1S/C19H24F3N3OS/c1-11(13-7-6-8-14(9-13)19(20,21)22)23-17(26)24-12(2)16-25-15(10-27-16)18(3,4)5/h6-12H,1-5H3,(H2,23,24,26). The zero-order valence-corrected chi connectivity index (χ0v) is 16.8. The molecule has 0 aliphatic carbocycles. The first-order valence-corrected chi connectivity index (χ1v) is 9.46. The van der Waals surface area contributed by atoms with Gasteiger partial charge in [0.2, 0.25) is 0 Å². The van der Waals surface area contributed by atoms with Crippen LogP contribution in [0.15, 0.2) is 29.6 Å². The number of urea groups is 1. The Kier molecular flexibility index (Phi) is 6.19. The van der Waals surface area contributed by atoms with E-state index in [0.29, 0.717) is 5.56 Å². The number of benzene rings is 1. The van der Waals surface area contributed by atoms with Gasteiger partial charge in [-0.25, -0.2) is 9.78 Å². The van der Waals surface area contributed by atoms with Crippen LogP contribution in [-0.4, -0.2) is 11.0 Å². The summed E-state index contributed by atoms with van der Waals surface area (Å²) in [5.41, 5.74) is 0.528. The van der Waals surface area contributed by atoms with Crippen molar-refractivity contribution in [2.75, 3.05) is 0 Å². The highest BCUT2D eigenvalue weighted by Gasteiger charge is 2.30. The van der Waals surface area contributed by atoms with Gasteiger partial charge in [0, 0.05) is 10.8 Å². The van der Waals surface area contributed by atoms with Crippen LogP contribution < -0.4 is 10.6 Å². The van der Waals surface area contributed by atoms with Crippen molar-refractivity contribution in [2.45, 2.75) is 58.3 Å². The maximum absolute atomic E-state index is 12.8. The molecule has 0 bridgehead atoms. The number of nitrogens with one attached hydrogen (secondary N) is 2. The van der Waals surface area contributed by atoms with Crippen molar-refractivity contribution in [1.82, 2.24) is 15.6 Å². The molecule has 2 atom stereocenters. The first kappa shape index (κ1) is 21.2. The lowest BCUT2D eigenvalue weighted by Crippen LogP contribution is -2.38. The van der Waals surface area contributed by atoms with Crippen molar-refractivity contribution in [1.29, 1.82) is 0 Å². The zero-order chi connectivity index (χ0) is 20.4. The lowest BCUT2D eigenvalue weighted by Gasteiger charge is -2.19. The van der Waals surface area contributed by atoms with Crippen molar-refractivity contribution in [3.05, 3.63) is 51.5 Å². The molecule has 0 radical (unpaired) electrons. The molecule has 0 fully saturated rings. The Morgan fingerprint density at radius 3 is 2.30 bits per heavy atom. The fraction of sp³-hybridized carbons (Fsp3) is 0.474. The SMILES string of the molecule is CC(NC(=O)NC(C)c1nc(C(C)(C)C)cs1)c1cccc(C(F)(F)F)c1. The van der Waals surface area contributed by atoms with Crippen molar-refractivity contribution in [2.24, 2.45) is 0 Å². The maximum Gasteiger partial charge on any atom is 0.416 e. The molecule has 27 heavy (non-hydrogen) atoms. The van der Waals surface area contributed by atoms with E-state index in [1.54, 1.807) is 13.0 Å². The molecule has 0 saturated heterocycles. The number of halogens is 3. The van der Waals surface area contributed by atoms with Crippen molar-refractivity contribution in [3.8, 4) is 0 Å². The van der Waals surface area contributed by atoms with E-state index in [0.717, 1.165) is 22.8 Å². The van der Waals surface area contributed by atoms with Gasteiger partial charge >= 0.3 is 12.2 Å². The topological polar surface area (TPSA) is 54.0 Å². The summed E-state index contributed by atoms with van der Waals surface area (Å²) < 4.78 is 38.5. The minimum atomic E-state index is -4.41. The van der Waals surface area contributed by atoms with Gasteiger partial charge in [-0.2, -0.15) is 13.2 Å². The number of carbonyl (C=O) groups excluding carboxylic acids is 1. The highest BCUT2D eigenvalue weighted by molar-refractivity contribution is 7.09. The molecule has 0 aliphatic heterocycles. The summed E-state index contributed by atoms with van der Waals surface area (Å²) in [5, 5.41) is 8.20. The molecule has 0 aliphatic rings. The predicted molar refractivity (Wildman–Crippen MR) is 101 cm³/mol. The second kappa shape index (κ2) is 7.88. The second-order valence-electron chi connectivity index (χ2n) is 7.51. The first-order chi connectivity index (χ1) is 12.4. The van der Waals surface area contributed by atoms with Gasteiger partial charge in [0.1, 0.15) is 5.01 Å². The monoisotopic (exact) mass is 399 g/mol. The van der Waals surface area contributed by atoms with Gasteiger partial charge in [-0.3, -0.25) is 0 Å².